The van der Waals surface area contributed by atoms with E-state index in [0.717, 1.165) is 37.3 Å². The number of carboxylic acid groups (broad SMARTS) is 1. The number of hydrogen-bond acceptors (Lipinski definition) is 7. The summed E-state index contributed by atoms with van der Waals surface area (Å²) in [4.78, 5) is 34.7. The predicted molar refractivity (Wildman–Crippen MR) is 153 cm³/mol. The van der Waals surface area contributed by atoms with Crippen LogP contribution < -0.4 is 20.7 Å². The van der Waals surface area contributed by atoms with Gasteiger partial charge in [-0.1, -0.05) is 24.8 Å². The van der Waals surface area contributed by atoms with E-state index in [0.29, 0.717) is 35.1 Å². The number of aromatic nitrogens is 1. The van der Waals surface area contributed by atoms with E-state index in [1.165, 1.54) is 12.4 Å². The van der Waals surface area contributed by atoms with Crippen LogP contribution in [-0.2, 0) is 0 Å². The lowest BCUT2D eigenvalue weighted by molar-refractivity contribution is 0.0696. The van der Waals surface area contributed by atoms with Crippen molar-refractivity contribution in [2.75, 3.05) is 29.9 Å². The summed E-state index contributed by atoms with van der Waals surface area (Å²) in [7, 11) is 0. The maximum Gasteiger partial charge on any atom is 0.335 e. The molecule has 2 aromatic carbocycles. The molecule has 200 valence electrons. The summed E-state index contributed by atoms with van der Waals surface area (Å²) in [6.07, 6.45) is 7.96. The molecule has 1 aliphatic heterocycles. The van der Waals surface area contributed by atoms with E-state index in [1.54, 1.807) is 54.9 Å². The highest BCUT2D eigenvalue weighted by atomic mass is 16.5. The number of aromatic carboxylic acids is 1. The first kappa shape index (κ1) is 27.1. The van der Waals surface area contributed by atoms with E-state index < -0.39 is 5.97 Å². The maximum absolute atomic E-state index is 12.8. The molecule has 3 aromatic rings. The highest BCUT2D eigenvalue weighted by Crippen LogP contribution is 2.24. The van der Waals surface area contributed by atoms with Crippen LogP contribution in [-0.4, -0.2) is 47.9 Å². The Bertz CT molecular complexity index is 1380. The van der Waals surface area contributed by atoms with Gasteiger partial charge in [0.15, 0.2) is 0 Å². The lowest BCUT2D eigenvalue weighted by Crippen LogP contribution is -2.36. The largest absolute Gasteiger partial charge is 0.493 e. The van der Waals surface area contributed by atoms with Gasteiger partial charge >= 0.3 is 5.97 Å². The predicted octanol–water partition coefficient (Wildman–Crippen LogP) is 4.84. The highest BCUT2D eigenvalue weighted by molar-refractivity contribution is 6.11. The van der Waals surface area contributed by atoms with E-state index in [-0.39, 0.29) is 11.5 Å². The standard InChI is InChI=1S/C30H31N5O4/c1-2-32-18-25(17-31)22-5-3-6-23(15-22)29(36)34-26-9-10-28(33-19-26)35-13-11-21(12-14-35)20-39-27-8-4-7-24(16-27)30(37)38/h2-10,15-19,21H,1,11-14,20,31H2,(H,34,36)(H,37,38)/b25-17+,32-18-. The Morgan fingerprint density at radius 3 is 2.54 bits per heavy atom. The summed E-state index contributed by atoms with van der Waals surface area (Å²) in [6.45, 7) is 5.77. The van der Waals surface area contributed by atoms with Gasteiger partial charge in [-0.25, -0.2) is 9.78 Å². The number of amides is 1. The van der Waals surface area contributed by atoms with Gasteiger partial charge in [0.2, 0.25) is 0 Å². The zero-order valence-corrected chi connectivity index (χ0v) is 21.5. The zero-order chi connectivity index (χ0) is 27.6. The first-order valence-corrected chi connectivity index (χ1v) is 12.6. The number of allylic oxidation sites excluding steroid dienone is 1. The normalized spacial score (nSPS) is 14.3. The number of carbonyl (C=O) groups excluding carboxylic acids is 1. The van der Waals surface area contributed by atoms with Gasteiger partial charge in [0.25, 0.3) is 5.91 Å². The second-order valence-electron chi connectivity index (χ2n) is 9.10. The number of pyridine rings is 1. The Balaban J connectivity index is 1.29. The number of carbonyl (C=O) groups is 2. The van der Waals surface area contributed by atoms with Crippen molar-refractivity contribution >= 4 is 35.2 Å². The topological polar surface area (TPSA) is 130 Å². The third-order valence-corrected chi connectivity index (χ3v) is 6.47. The minimum Gasteiger partial charge on any atom is -0.493 e. The molecular formula is C30H31N5O4. The van der Waals surface area contributed by atoms with Gasteiger partial charge in [-0.05, 0) is 66.8 Å². The van der Waals surface area contributed by atoms with Gasteiger partial charge in [-0.3, -0.25) is 9.79 Å². The van der Waals surface area contributed by atoms with Gasteiger partial charge in [-0.15, -0.1) is 0 Å². The Labute approximate surface area is 227 Å². The van der Waals surface area contributed by atoms with Crippen LogP contribution in [0.4, 0.5) is 11.5 Å². The van der Waals surface area contributed by atoms with Crippen molar-refractivity contribution in [1.29, 1.82) is 0 Å². The molecule has 0 spiro atoms. The molecular weight excluding hydrogens is 494 g/mol. The number of rotatable bonds is 10. The van der Waals surface area contributed by atoms with Gasteiger partial charge in [0, 0.05) is 42.8 Å². The Kier molecular flexibility index (Phi) is 9.07. The average Bonchev–Trinajstić information content (AvgIpc) is 2.97. The van der Waals surface area contributed by atoms with Gasteiger partial charge < -0.3 is 25.8 Å². The summed E-state index contributed by atoms with van der Waals surface area (Å²) >= 11 is 0. The molecule has 39 heavy (non-hydrogen) atoms. The Morgan fingerprint density at radius 2 is 1.85 bits per heavy atom. The molecule has 0 radical (unpaired) electrons. The van der Waals surface area contributed by atoms with Crippen molar-refractivity contribution in [3.63, 3.8) is 0 Å². The zero-order valence-electron chi connectivity index (χ0n) is 21.5. The first-order valence-electron chi connectivity index (χ1n) is 12.6. The van der Waals surface area contributed by atoms with Crippen LogP contribution in [0.2, 0.25) is 0 Å². The molecule has 1 fully saturated rings. The number of benzene rings is 2. The Morgan fingerprint density at radius 1 is 1.10 bits per heavy atom. The van der Waals surface area contributed by atoms with Crippen molar-refractivity contribution < 1.29 is 19.4 Å². The highest BCUT2D eigenvalue weighted by Gasteiger charge is 2.21. The van der Waals surface area contributed by atoms with E-state index in [2.05, 4.69) is 26.8 Å². The number of ether oxygens (including phenoxy) is 1. The molecule has 0 atom stereocenters. The molecule has 4 rings (SSSR count). The van der Waals surface area contributed by atoms with Crippen molar-refractivity contribution in [2.45, 2.75) is 12.8 Å². The SMILES string of the molecule is C=C/N=C\C(=C/N)c1cccc(C(=O)Nc2ccc(N3CCC(COc4cccc(C(=O)O)c4)CC3)nc2)c1. The summed E-state index contributed by atoms with van der Waals surface area (Å²) in [5, 5.41) is 12.0. The summed E-state index contributed by atoms with van der Waals surface area (Å²) in [5.41, 5.74) is 8.46. The molecule has 1 saturated heterocycles. The molecule has 0 saturated carbocycles. The molecule has 9 heteroatoms. The van der Waals surface area contributed by atoms with E-state index in [4.69, 9.17) is 15.6 Å². The van der Waals surface area contributed by atoms with E-state index in [9.17, 15) is 9.59 Å². The molecule has 0 bridgehead atoms. The lowest BCUT2D eigenvalue weighted by atomic mass is 9.98. The molecule has 0 aliphatic carbocycles. The summed E-state index contributed by atoms with van der Waals surface area (Å²) < 4.78 is 5.85. The summed E-state index contributed by atoms with van der Waals surface area (Å²) in [5.74, 6) is 0.578. The monoisotopic (exact) mass is 525 g/mol. The number of nitrogens with one attached hydrogen (secondary N) is 1. The van der Waals surface area contributed by atoms with Crippen molar-refractivity contribution in [1.82, 2.24) is 4.98 Å². The maximum atomic E-state index is 12.8. The number of aliphatic imine (C=N–C) groups is 1. The van der Waals surface area contributed by atoms with Crippen molar-refractivity contribution in [2.24, 2.45) is 16.6 Å². The minimum absolute atomic E-state index is 0.216. The van der Waals surface area contributed by atoms with Crippen LogP contribution in [0.25, 0.3) is 5.57 Å². The fourth-order valence-electron chi connectivity index (χ4n) is 4.30. The average molecular weight is 526 g/mol. The molecule has 4 N–H and O–H groups in total. The fraction of sp³-hybridized carbons (Fsp3) is 0.200. The number of carboxylic acids is 1. The Hall–Kier alpha value is -4.92. The number of anilines is 2. The third kappa shape index (κ3) is 7.32. The van der Waals surface area contributed by atoms with Crippen LogP contribution in [0.5, 0.6) is 5.75 Å². The quantitative estimate of drug-likeness (QED) is 0.323. The van der Waals surface area contributed by atoms with Crippen LogP contribution in [0.1, 0.15) is 39.1 Å². The minimum atomic E-state index is -0.968. The molecule has 0 unspecified atom stereocenters. The smallest absolute Gasteiger partial charge is 0.335 e. The van der Waals surface area contributed by atoms with Crippen molar-refractivity contribution in [3.8, 4) is 5.75 Å². The number of nitrogens with zero attached hydrogens (tertiary/aromatic N) is 3. The van der Waals surface area contributed by atoms with Gasteiger partial charge in [0.05, 0.1) is 24.1 Å². The van der Waals surface area contributed by atoms with E-state index in [1.807, 2.05) is 18.2 Å². The fourth-order valence-corrected chi connectivity index (χ4v) is 4.30. The number of piperidine rings is 1. The third-order valence-electron chi connectivity index (χ3n) is 6.47. The van der Waals surface area contributed by atoms with Crippen LogP contribution in [0.15, 0.2) is 90.8 Å². The second-order valence-corrected chi connectivity index (χ2v) is 9.10. The molecule has 2 heterocycles. The summed E-state index contributed by atoms with van der Waals surface area (Å²) in [6, 6.07) is 17.4. The number of hydrogen-bond donors (Lipinski definition) is 3. The van der Waals surface area contributed by atoms with Crippen LogP contribution >= 0.6 is 0 Å². The lowest BCUT2D eigenvalue weighted by Gasteiger charge is -2.32. The van der Waals surface area contributed by atoms with Crippen LogP contribution in [0.3, 0.4) is 0 Å². The first-order chi connectivity index (χ1) is 19.0. The molecule has 1 aromatic heterocycles. The van der Waals surface area contributed by atoms with Crippen molar-refractivity contribution in [3.05, 3.63) is 103 Å². The van der Waals surface area contributed by atoms with E-state index >= 15 is 0 Å². The molecule has 9 nitrogen and oxygen atoms in total. The number of nitrogens with two attached hydrogens (primary N) is 1. The molecule has 1 aliphatic rings. The molecule has 1 amide bonds. The van der Waals surface area contributed by atoms with Gasteiger partial charge in [-0.2, -0.15) is 0 Å². The second kappa shape index (κ2) is 13.0. The van der Waals surface area contributed by atoms with Gasteiger partial charge in [0.1, 0.15) is 11.6 Å². The van der Waals surface area contributed by atoms with Crippen LogP contribution in [0, 0.1) is 5.92 Å².